The summed E-state index contributed by atoms with van der Waals surface area (Å²) in [5, 5.41) is 11.7. The maximum absolute atomic E-state index is 7.67. The maximum atomic E-state index is 7.67. The molecular formula is C21H24N8O. The van der Waals surface area contributed by atoms with Gasteiger partial charge >= 0.3 is 0 Å². The van der Waals surface area contributed by atoms with Crippen molar-refractivity contribution in [1.82, 2.24) is 20.2 Å². The summed E-state index contributed by atoms with van der Waals surface area (Å²) in [7, 11) is 0. The molecule has 0 radical (unpaired) electrons. The van der Waals surface area contributed by atoms with E-state index in [-0.39, 0.29) is 12.0 Å². The van der Waals surface area contributed by atoms with Crippen molar-refractivity contribution >= 4 is 22.4 Å². The highest BCUT2D eigenvalue weighted by atomic mass is 16.5. The van der Waals surface area contributed by atoms with E-state index in [1.54, 1.807) is 12.4 Å². The normalized spacial score (nSPS) is 20.3. The number of nitrogens with one attached hydrogen (secondary N) is 2. The molecular weight excluding hydrogens is 380 g/mol. The van der Waals surface area contributed by atoms with Crippen LogP contribution in [0, 0.1) is 11.4 Å². The van der Waals surface area contributed by atoms with Gasteiger partial charge in [0.25, 0.3) is 0 Å². The van der Waals surface area contributed by atoms with Crippen molar-refractivity contribution in [2.45, 2.75) is 25.8 Å². The molecule has 0 spiro atoms. The lowest BCUT2D eigenvalue weighted by atomic mass is 10.0. The second kappa shape index (κ2) is 7.49. The monoisotopic (exact) mass is 404 g/mol. The van der Waals surface area contributed by atoms with E-state index in [0.29, 0.717) is 24.6 Å². The number of hydrogen-bond donors (Lipinski definition) is 3. The Labute approximate surface area is 173 Å². The van der Waals surface area contributed by atoms with Crippen LogP contribution in [0.4, 0.5) is 5.82 Å². The van der Waals surface area contributed by atoms with Gasteiger partial charge in [-0.1, -0.05) is 0 Å². The molecule has 9 heteroatoms. The molecule has 5 rings (SSSR count). The zero-order valence-corrected chi connectivity index (χ0v) is 16.8. The summed E-state index contributed by atoms with van der Waals surface area (Å²) in [6.45, 7) is 4.18. The molecule has 2 aliphatic rings. The van der Waals surface area contributed by atoms with Gasteiger partial charge in [0.15, 0.2) is 0 Å². The molecule has 0 amide bonds. The van der Waals surface area contributed by atoms with E-state index in [1.807, 2.05) is 18.2 Å². The van der Waals surface area contributed by atoms with E-state index < -0.39 is 0 Å². The van der Waals surface area contributed by atoms with E-state index in [4.69, 9.17) is 21.0 Å². The summed E-state index contributed by atoms with van der Waals surface area (Å²) in [4.78, 5) is 11.8. The standard InChI is InChI=1S/C21H24N8O/c1-12-11-30-9-8-29(12)17-10-15(18(22)19(27-23)13-2-3-13)14-4-6-24-21(20(14)26-17)16-5-7-25-28-16/h4-7,10,12-13,23H,2-3,8-9,11,22H2,1H3,(H,25,28)/b19-18-,27-23?/t12-/m1/s1. The molecule has 1 aliphatic carbocycles. The molecule has 1 atom stereocenters. The molecule has 1 saturated heterocycles. The van der Waals surface area contributed by atoms with Gasteiger partial charge in [-0.2, -0.15) is 10.2 Å². The number of H-pyrrole nitrogens is 1. The Bertz CT molecular complexity index is 1120. The number of allylic oxidation sites excluding steroid dienone is 1. The molecule has 0 aromatic carbocycles. The third kappa shape index (κ3) is 3.21. The van der Waals surface area contributed by atoms with E-state index in [0.717, 1.165) is 53.1 Å². The minimum absolute atomic E-state index is 0.192. The molecule has 30 heavy (non-hydrogen) atoms. The van der Waals surface area contributed by atoms with Crippen molar-refractivity contribution in [3.05, 3.63) is 41.9 Å². The lowest BCUT2D eigenvalue weighted by Crippen LogP contribution is -2.44. The Kier molecular flexibility index (Phi) is 4.66. The van der Waals surface area contributed by atoms with Gasteiger partial charge in [0, 0.05) is 35.8 Å². The number of ether oxygens (including phenoxy) is 1. The first kappa shape index (κ1) is 18.7. The Balaban J connectivity index is 1.77. The van der Waals surface area contributed by atoms with Crippen molar-refractivity contribution in [2.24, 2.45) is 16.8 Å². The first-order chi connectivity index (χ1) is 14.7. The highest BCUT2D eigenvalue weighted by Crippen LogP contribution is 2.41. The fraction of sp³-hybridized carbons (Fsp3) is 0.381. The van der Waals surface area contributed by atoms with Gasteiger partial charge in [-0.05, 0) is 38.0 Å². The van der Waals surface area contributed by atoms with Crippen LogP contribution in [-0.4, -0.2) is 46.0 Å². The third-order valence-corrected chi connectivity index (χ3v) is 5.78. The predicted octanol–water partition coefficient (Wildman–Crippen LogP) is 3.31. The number of nitrogens with two attached hydrogens (primary N) is 1. The summed E-state index contributed by atoms with van der Waals surface area (Å²) in [5.74, 6) is 1.09. The summed E-state index contributed by atoms with van der Waals surface area (Å²) >= 11 is 0. The van der Waals surface area contributed by atoms with Crippen molar-refractivity contribution in [1.29, 1.82) is 5.53 Å². The number of anilines is 1. The summed E-state index contributed by atoms with van der Waals surface area (Å²) < 4.78 is 5.61. The molecule has 9 nitrogen and oxygen atoms in total. The van der Waals surface area contributed by atoms with Gasteiger partial charge in [0.05, 0.1) is 36.3 Å². The fourth-order valence-corrected chi connectivity index (χ4v) is 4.03. The number of rotatable bonds is 5. The SMILES string of the molecule is C[C@@H]1COCCN1c1cc(/C(N)=C(/N=N)C2CC2)c2ccnc(-c3ccn[nH]3)c2n1. The molecule has 4 N–H and O–H groups in total. The summed E-state index contributed by atoms with van der Waals surface area (Å²) in [6, 6.07) is 6.01. The number of fused-ring (bicyclic) bond motifs is 1. The summed E-state index contributed by atoms with van der Waals surface area (Å²) in [5.41, 5.74) is 18.6. The fourth-order valence-electron chi connectivity index (χ4n) is 4.03. The van der Waals surface area contributed by atoms with Crippen LogP contribution in [0.25, 0.3) is 28.0 Å². The van der Waals surface area contributed by atoms with Gasteiger partial charge in [-0.15, -0.1) is 0 Å². The smallest absolute Gasteiger partial charge is 0.130 e. The molecule has 3 aromatic rings. The van der Waals surface area contributed by atoms with Crippen LogP contribution in [0.5, 0.6) is 0 Å². The minimum Gasteiger partial charge on any atom is -0.397 e. The molecule has 1 aliphatic heterocycles. The second-order valence-electron chi connectivity index (χ2n) is 7.86. The molecule has 2 fully saturated rings. The highest BCUT2D eigenvalue weighted by Gasteiger charge is 2.30. The number of pyridine rings is 2. The van der Waals surface area contributed by atoms with Crippen LogP contribution in [0.2, 0.25) is 0 Å². The quantitative estimate of drug-likeness (QED) is 0.560. The Hall–Kier alpha value is -3.33. The molecule has 154 valence electrons. The minimum atomic E-state index is 0.192. The largest absolute Gasteiger partial charge is 0.397 e. The van der Waals surface area contributed by atoms with E-state index in [9.17, 15) is 0 Å². The third-order valence-electron chi connectivity index (χ3n) is 5.78. The number of hydrogen-bond acceptors (Lipinski definition) is 8. The van der Waals surface area contributed by atoms with E-state index in [1.165, 1.54) is 0 Å². The van der Waals surface area contributed by atoms with Gasteiger partial charge in [-0.25, -0.2) is 10.5 Å². The van der Waals surface area contributed by atoms with Crippen LogP contribution in [-0.2, 0) is 4.74 Å². The van der Waals surface area contributed by atoms with Crippen LogP contribution in [0.15, 0.2) is 41.4 Å². The van der Waals surface area contributed by atoms with Crippen LogP contribution in [0.1, 0.15) is 25.3 Å². The Morgan fingerprint density at radius 1 is 1.33 bits per heavy atom. The first-order valence-electron chi connectivity index (χ1n) is 10.2. The first-order valence-corrected chi connectivity index (χ1v) is 10.2. The average molecular weight is 404 g/mol. The summed E-state index contributed by atoms with van der Waals surface area (Å²) in [6.07, 6.45) is 5.50. The number of aromatic nitrogens is 4. The molecule has 0 bridgehead atoms. The Morgan fingerprint density at radius 3 is 2.90 bits per heavy atom. The highest BCUT2D eigenvalue weighted by molar-refractivity contribution is 5.99. The van der Waals surface area contributed by atoms with Gasteiger partial charge in [-0.3, -0.25) is 10.1 Å². The molecule has 4 heterocycles. The van der Waals surface area contributed by atoms with Crippen molar-refractivity contribution in [3.8, 4) is 11.4 Å². The Morgan fingerprint density at radius 2 is 2.20 bits per heavy atom. The van der Waals surface area contributed by atoms with Gasteiger partial charge < -0.3 is 15.4 Å². The number of aromatic amines is 1. The lowest BCUT2D eigenvalue weighted by molar-refractivity contribution is 0.0985. The van der Waals surface area contributed by atoms with Gasteiger partial charge in [0.1, 0.15) is 17.0 Å². The number of morpholine rings is 1. The zero-order chi connectivity index (χ0) is 20.7. The topological polar surface area (TPSA) is 129 Å². The molecule has 3 aromatic heterocycles. The van der Waals surface area contributed by atoms with Crippen LogP contribution < -0.4 is 10.6 Å². The van der Waals surface area contributed by atoms with Crippen molar-refractivity contribution < 1.29 is 4.74 Å². The molecule has 0 unspecified atom stereocenters. The van der Waals surface area contributed by atoms with Crippen LogP contribution in [0.3, 0.4) is 0 Å². The predicted molar refractivity (Wildman–Crippen MR) is 114 cm³/mol. The van der Waals surface area contributed by atoms with Crippen molar-refractivity contribution in [3.63, 3.8) is 0 Å². The second-order valence-corrected chi connectivity index (χ2v) is 7.86. The van der Waals surface area contributed by atoms with Gasteiger partial charge in [0.2, 0.25) is 0 Å². The van der Waals surface area contributed by atoms with Crippen LogP contribution >= 0.6 is 0 Å². The molecule has 1 saturated carbocycles. The zero-order valence-electron chi connectivity index (χ0n) is 16.8. The van der Waals surface area contributed by atoms with E-state index in [2.05, 4.69) is 32.1 Å². The number of nitrogens with zero attached hydrogens (tertiary/aromatic N) is 5. The lowest BCUT2D eigenvalue weighted by Gasteiger charge is -2.34. The average Bonchev–Trinajstić information content (AvgIpc) is 3.45. The maximum Gasteiger partial charge on any atom is 0.130 e. The van der Waals surface area contributed by atoms with Crippen molar-refractivity contribution in [2.75, 3.05) is 24.7 Å². The van der Waals surface area contributed by atoms with E-state index >= 15 is 0 Å².